The van der Waals surface area contributed by atoms with Crippen molar-refractivity contribution >= 4 is 29.6 Å². The Morgan fingerprint density at radius 3 is 2.40 bits per heavy atom. The number of phenolic OH excluding ortho intramolecular Hbond substituents is 1. The average molecular weight is 329 g/mol. The van der Waals surface area contributed by atoms with Crippen molar-refractivity contribution in [3.05, 3.63) is 53.8 Å². The summed E-state index contributed by atoms with van der Waals surface area (Å²) in [5.41, 5.74) is 2.97. The largest absolute Gasteiger partial charge is 0.508 e. The summed E-state index contributed by atoms with van der Waals surface area (Å²) in [5, 5.41) is 9.63. The Morgan fingerprint density at radius 2 is 1.75 bits per heavy atom. The lowest BCUT2D eigenvalue weighted by Crippen LogP contribution is -1.96. The summed E-state index contributed by atoms with van der Waals surface area (Å²) >= 11 is 11.7. The summed E-state index contributed by atoms with van der Waals surface area (Å²) in [7, 11) is -1.59. The van der Waals surface area contributed by atoms with Gasteiger partial charge in [-0.25, -0.2) is 4.39 Å². The molecule has 0 saturated carbocycles. The Balaban J connectivity index is 2.25. The molecule has 20 heavy (non-hydrogen) atoms. The number of aryl methyl sites for hydroxylation is 1. The van der Waals surface area contributed by atoms with Crippen LogP contribution in [0.3, 0.4) is 0 Å². The van der Waals surface area contributed by atoms with Gasteiger partial charge in [-0.2, -0.15) is 22.2 Å². The third-order valence-electron chi connectivity index (χ3n) is 3.11. The maximum atomic E-state index is 13.0. The lowest BCUT2D eigenvalue weighted by Gasteiger charge is -2.11. The first-order valence-corrected chi connectivity index (χ1v) is 10.7. The topological polar surface area (TPSA) is 20.2 Å². The van der Waals surface area contributed by atoms with E-state index >= 15 is 0 Å². The molecule has 0 aliphatic heterocycles. The Kier molecular flexibility index (Phi) is 5.46. The fourth-order valence-corrected chi connectivity index (χ4v) is 3.58. The summed E-state index contributed by atoms with van der Waals surface area (Å²) in [5.74, 6) is -0.0244. The highest BCUT2D eigenvalue weighted by Crippen LogP contribution is 2.28. The van der Waals surface area contributed by atoms with Crippen LogP contribution in [-0.4, -0.2) is 12.5 Å². The number of hydrogen-bond donors (Lipinski definition) is 1. The summed E-state index contributed by atoms with van der Waals surface area (Å²) in [4.78, 5) is 0. The van der Waals surface area contributed by atoms with Gasteiger partial charge in [0.25, 0.3) is 0 Å². The fourth-order valence-electron chi connectivity index (χ4n) is 2.14. The van der Waals surface area contributed by atoms with Crippen molar-refractivity contribution in [3.8, 4) is 16.9 Å². The third kappa shape index (κ3) is 4.23. The van der Waals surface area contributed by atoms with E-state index in [4.69, 9.17) is 22.2 Å². The van der Waals surface area contributed by atoms with Gasteiger partial charge in [0, 0.05) is 0 Å². The highest BCUT2D eigenvalue weighted by Gasteiger charge is 2.08. The first-order valence-electron chi connectivity index (χ1n) is 6.42. The molecule has 0 atom stereocenters. The number of aromatic hydroxyl groups is 1. The number of halogens is 3. The van der Waals surface area contributed by atoms with Gasteiger partial charge in [0.15, 0.2) is 0 Å². The van der Waals surface area contributed by atoms with Gasteiger partial charge >= 0.3 is 0 Å². The lowest BCUT2D eigenvalue weighted by atomic mass is 9.96. The van der Waals surface area contributed by atoms with Gasteiger partial charge in [-0.3, -0.25) is 0 Å². The van der Waals surface area contributed by atoms with Crippen LogP contribution in [0.15, 0.2) is 42.5 Å². The van der Waals surface area contributed by atoms with Gasteiger partial charge in [0.2, 0.25) is 7.42 Å². The quantitative estimate of drug-likeness (QED) is 0.615. The first-order chi connectivity index (χ1) is 9.56. The molecule has 1 nitrogen and oxygen atoms in total. The van der Waals surface area contributed by atoms with Gasteiger partial charge in [-0.05, 0) is 59.8 Å². The molecule has 0 saturated heterocycles. The molecule has 0 heterocycles. The predicted molar refractivity (Wildman–Crippen MR) is 85.5 cm³/mol. The zero-order chi connectivity index (χ0) is 14.5. The molecule has 0 aromatic heterocycles. The van der Waals surface area contributed by atoms with Crippen LogP contribution < -0.4 is 0 Å². The van der Waals surface area contributed by atoms with Gasteiger partial charge < -0.3 is 5.11 Å². The normalized spacial score (nSPS) is 11.0. The smallest absolute Gasteiger partial charge is 0.237 e. The molecule has 2 aromatic carbocycles. The molecule has 0 bridgehead atoms. The van der Waals surface area contributed by atoms with E-state index < -0.39 is 7.42 Å². The monoisotopic (exact) mass is 328 g/mol. The van der Waals surface area contributed by atoms with Crippen LogP contribution >= 0.6 is 22.2 Å². The minimum absolute atomic E-state index is 0.233. The maximum absolute atomic E-state index is 13.0. The number of benzene rings is 2. The molecular weight excluding hydrogens is 314 g/mol. The van der Waals surface area contributed by atoms with Crippen molar-refractivity contribution in [1.29, 1.82) is 0 Å². The van der Waals surface area contributed by atoms with E-state index in [1.165, 1.54) is 12.1 Å². The molecular formula is C15H15Cl2FOSi. The van der Waals surface area contributed by atoms with E-state index in [9.17, 15) is 9.50 Å². The van der Waals surface area contributed by atoms with E-state index in [1.807, 2.05) is 6.07 Å². The standard InChI is InChI=1S/C15H15Cl2FOSi/c16-20(17)9-1-2-12-10-14(19)7-8-15(12)11-3-5-13(18)6-4-11/h3-8,10,19-20H,1-2,9H2. The van der Waals surface area contributed by atoms with E-state index in [1.54, 1.807) is 24.3 Å². The summed E-state index contributed by atoms with van der Waals surface area (Å²) in [6.45, 7) is 0. The molecule has 0 fully saturated rings. The number of rotatable bonds is 5. The highest BCUT2D eigenvalue weighted by molar-refractivity contribution is 7.33. The van der Waals surface area contributed by atoms with Gasteiger partial charge in [0.1, 0.15) is 11.6 Å². The molecule has 5 heteroatoms. The molecule has 0 unspecified atom stereocenters. The van der Waals surface area contributed by atoms with E-state index in [0.717, 1.165) is 35.6 Å². The fraction of sp³-hybridized carbons (Fsp3) is 0.200. The maximum Gasteiger partial charge on any atom is 0.237 e. The highest BCUT2D eigenvalue weighted by atomic mass is 35.7. The Bertz CT molecular complexity index is 573. The first kappa shape index (κ1) is 15.4. The zero-order valence-corrected chi connectivity index (χ0v) is 13.5. The second-order valence-electron chi connectivity index (χ2n) is 4.63. The van der Waals surface area contributed by atoms with Crippen molar-refractivity contribution in [3.63, 3.8) is 0 Å². The molecule has 0 spiro atoms. The summed E-state index contributed by atoms with van der Waals surface area (Å²) in [6.07, 6.45) is 1.69. The minimum atomic E-state index is -1.59. The Morgan fingerprint density at radius 1 is 1.05 bits per heavy atom. The van der Waals surface area contributed by atoms with E-state index in [2.05, 4.69) is 0 Å². The van der Waals surface area contributed by atoms with Crippen molar-refractivity contribution in [2.75, 3.05) is 0 Å². The number of phenols is 1. The van der Waals surface area contributed by atoms with E-state index in [-0.39, 0.29) is 11.6 Å². The minimum Gasteiger partial charge on any atom is -0.508 e. The predicted octanol–water partition coefficient (Wildman–Crippen LogP) is 4.83. The molecule has 106 valence electrons. The molecule has 2 aromatic rings. The van der Waals surface area contributed by atoms with Crippen LogP contribution in [0.25, 0.3) is 11.1 Å². The zero-order valence-electron chi connectivity index (χ0n) is 10.8. The van der Waals surface area contributed by atoms with Crippen molar-refractivity contribution in [1.82, 2.24) is 0 Å². The SMILES string of the molecule is Oc1ccc(-c2ccc(F)cc2)c(CCC[SiH](Cl)Cl)c1. The van der Waals surface area contributed by atoms with E-state index in [0.29, 0.717) is 0 Å². The van der Waals surface area contributed by atoms with Crippen LogP contribution in [0, 0.1) is 5.82 Å². The molecule has 1 N–H and O–H groups in total. The second-order valence-corrected chi connectivity index (χ2v) is 9.82. The summed E-state index contributed by atoms with van der Waals surface area (Å²) < 4.78 is 13.0. The van der Waals surface area contributed by atoms with Gasteiger partial charge in [-0.15, -0.1) is 0 Å². The van der Waals surface area contributed by atoms with Gasteiger partial charge in [-0.1, -0.05) is 18.2 Å². The van der Waals surface area contributed by atoms with Crippen LogP contribution in [-0.2, 0) is 6.42 Å². The van der Waals surface area contributed by atoms with Crippen LogP contribution in [0.1, 0.15) is 12.0 Å². The molecule has 0 amide bonds. The third-order valence-corrected chi connectivity index (χ3v) is 5.27. The molecule has 0 radical (unpaired) electrons. The lowest BCUT2D eigenvalue weighted by molar-refractivity contribution is 0.474. The van der Waals surface area contributed by atoms with Crippen LogP contribution in [0.5, 0.6) is 5.75 Å². The van der Waals surface area contributed by atoms with Crippen molar-refractivity contribution in [2.45, 2.75) is 18.9 Å². The van der Waals surface area contributed by atoms with Crippen LogP contribution in [0.2, 0.25) is 6.04 Å². The second kappa shape index (κ2) is 7.11. The molecule has 0 aliphatic carbocycles. The molecule has 2 rings (SSSR count). The summed E-state index contributed by atoms with van der Waals surface area (Å²) in [6, 6.07) is 12.4. The van der Waals surface area contributed by atoms with Crippen molar-refractivity contribution in [2.24, 2.45) is 0 Å². The van der Waals surface area contributed by atoms with Crippen LogP contribution in [0.4, 0.5) is 4.39 Å². The average Bonchev–Trinajstić information content (AvgIpc) is 2.40. The molecule has 0 aliphatic rings. The Hall–Kier alpha value is -1.03. The van der Waals surface area contributed by atoms with Crippen molar-refractivity contribution < 1.29 is 9.50 Å². The number of hydrogen-bond acceptors (Lipinski definition) is 1. The van der Waals surface area contributed by atoms with Gasteiger partial charge in [0.05, 0.1) is 0 Å². The Labute approximate surface area is 129 Å².